The zero-order valence-corrected chi connectivity index (χ0v) is 13.9. The van der Waals surface area contributed by atoms with E-state index in [0.29, 0.717) is 19.4 Å². The first-order valence-electron chi connectivity index (χ1n) is 7.49. The van der Waals surface area contributed by atoms with E-state index in [4.69, 9.17) is 0 Å². The third kappa shape index (κ3) is 4.30. The summed E-state index contributed by atoms with van der Waals surface area (Å²) in [6, 6.07) is 2.11. The Bertz CT molecular complexity index is 517. The molecule has 2 amide bonds. The number of nitrogens with one attached hydrogen (secondary N) is 1. The van der Waals surface area contributed by atoms with E-state index in [9.17, 15) is 9.59 Å². The summed E-state index contributed by atoms with van der Waals surface area (Å²) in [5, 5.41) is 4.98. The molecule has 5 heteroatoms. The van der Waals surface area contributed by atoms with Crippen molar-refractivity contribution in [2.75, 3.05) is 13.1 Å². The van der Waals surface area contributed by atoms with Crippen molar-refractivity contribution < 1.29 is 9.59 Å². The minimum absolute atomic E-state index is 0.0378. The summed E-state index contributed by atoms with van der Waals surface area (Å²) >= 11 is 1.78. The van der Waals surface area contributed by atoms with Crippen LogP contribution >= 0.6 is 11.3 Å². The van der Waals surface area contributed by atoms with Gasteiger partial charge in [0, 0.05) is 36.3 Å². The molecule has 0 aromatic carbocycles. The Balaban J connectivity index is 1.70. The quantitative estimate of drug-likeness (QED) is 0.869. The molecule has 0 bridgehead atoms. The third-order valence-corrected chi connectivity index (χ3v) is 4.72. The van der Waals surface area contributed by atoms with E-state index in [1.54, 1.807) is 11.3 Å². The van der Waals surface area contributed by atoms with Gasteiger partial charge in [-0.15, -0.1) is 11.3 Å². The average molecular weight is 308 g/mol. The van der Waals surface area contributed by atoms with Crippen LogP contribution in [0.4, 0.5) is 0 Å². The highest BCUT2D eigenvalue weighted by atomic mass is 32.1. The lowest BCUT2D eigenvalue weighted by Gasteiger charge is -2.27. The monoisotopic (exact) mass is 308 g/mol. The Kier molecular flexibility index (Phi) is 5.04. The summed E-state index contributed by atoms with van der Waals surface area (Å²) in [6.45, 7) is 7.80. The Morgan fingerprint density at radius 2 is 2.14 bits per heavy atom. The molecule has 0 aliphatic carbocycles. The number of hydrogen-bond donors (Lipinski definition) is 1. The van der Waals surface area contributed by atoms with Gasteiger partial charge in [0.1, 0.15) is 0 Å². The first-order chi connectivity index (χ1) is 9.88. The SMILES string of the molecule is CC(C)(C)C(=O)NCCCC(=O)N1CCc2sccc2C1. The predicted octanol–water partition coefficient (Wildman–Crippen LogP) is 2.58. The second-order valence-corrected chi connectivity index (χ2v) is 7.54. The summed E-state index contributed by atoms with van der Waals surface area (Å²) in [5.41, 5.74) is 0.923. The summed E-state index contributed by atoms with van der Waals surface area (Å²) < 4.78 is 0. The maximum atomic E-state index is 12.2. The van der Waals surface area contributed by atoms with Crippen LogP contribution in [0.5, 0.6) is 0 Å². The summed E-state index contributed by atoms with van der Waals surface area (Å²) in [7, 11) is 0. The molecule has 2 heterocycles. The van der Waals surface area contributed by atoms with Gasteiger partial charge in [-0.1, -0.05) is 20.8 Å². The molecule has 1 aliphatic rings. The molecule has 0 radical (unpaired) electrons. The van der Waals surface area contributed by atoms with Gasteiger partial charge in [0.2, 0.25) is 11.8 Å². The van der Waals surface area contributed by atoms with Gasteiger partial charge < -0.3 is 10.2 Å². The third-order valence-electron chi connectivity index (χ3n) is 3.69. The van der Waals surface area contributed by atoms with Crippen LogP contribution in [0.3, 0.4) is 0 Å². The second-order valence-electron chi connectivity index (χ2n) is 6.54. The van der Waals surface area contributed by atoms with Gasteiger partial charge in [-0.2, -0.15) is 0 Å². The van der Waals surface area contributed by atoms with Crippen LogP contribution in [0.15, 0.2) is 11.4 Å². The Labute approximate surface area is 130 Å². The summed E-state index contributed by atoms with van der Waals surface area (Å²) in [6.07, 6.45) is 2.18. The smallest absolute Gasteiger partial charge is 0.225 e. The number of thiophene rings is 1. The van der Waals surface area contributed by atoms with Gasteiger partial charge in [-0.05, 0) is 29.9 Å². The minimum atomic E-state index is -0.369. The largest absolute Gasteiger partial charge is 0.356 e. The first kappa shape index (κ1) is 16.0. The molecule has 0 saturated carbocycles. The van der Waals surface area contributed by atoms with Crippen molar-refractivity contribution in [1.29, 1.82) is 0 Å². The number of carbonyl (C=O) groups excluding carboxylic acids is 2. The highest BCUT2D eigenvalue weighted by molar-refractivity contribution is 7.10. The molecule has 1 aromatic rings. The number of amides is 2. The Morgan fingerprint density at radius 3 is 2.86 bits per heavy atom. The lowest BCUT2D eigenvalue weighted by molar-refractivity contribution is -0.132. The van der Waals surface area contributed by atoms with E-state index >= 15 is 0 Å². The highest BCUT2D eigenvalue weighted by Crippen LogP contribution is 2.24. The van der Waals surface area contributed by atoms with Crippen LogP contribution in [0, 0.1) is 5.41 Å². The van der Waals surface area contributed by atoms with Crippen molar-refractivity contribution in [3.05, 3.63) is 21.9 Å². The Hall–Kier alpha value is -1.36. The van der Waals surface area contributed by atoms with Crippen molar-refractivity contribution in [1.82, 2.24) is 10.2 Å². The fourth-order valence-electron chi connectivity index (χ4n) is 2.33. The van der Waals surface area contributed by atoms with Crippen LogP contribution in [-0.4, -0.2) is 29.8 Å². The van der Waals surface area contributed by atoms with Gasteiger partial charge in [0.25, 0.3) is 0 Å². The molecular weight excluding hydrogens is 284 g/mol. The zero-order chi connectivity index (χ0) is 15.5. The molecule has 0 saturated heterocycles. The zero-order valence-electron chi connectivity index (χ0n) is 13.1. The molecule has 2 rings (SSSR count). The molecule has 0 unspecified atom stereocenters. The topological polar surface area (TPSA) is 49.4 Å². The lowest BCUT2D eigenvalue weighted by atomic mass is 9.96. The normalized spacial score (nSPS) is 14.7. The number of carbonyl (C=O) groups is 2. The lowest BCUT2D eigenvalue weighted by Crippen LogP contribution is -2.37. The van der Waals surface area contributed by atoms with Gasteiger partial charge in [-0.25, -0.2) is 0 Å². The van der Waals surface area contributed by atoms with Gasteiger partial charge in [0.15, 0.2) is 0 Å². The summed E-state index contributed by atoms with van der Waals surface area (Å²) in [5.74, 6) is 0.229. The molecule has 1 N–H and O–H groups in total. The molecule has 1 aromatic heterocycles. The molecule has 1 aliphatic heterocycles. The second kappa shape index (κ2) is 6.60. The number of hydrogen-bond acceptors (Lipinski definition) is 3. The fraction of sp³-hybridized carbons (Fsp3) is 0.625. The van der Waals surface area contributed by atoms with Crippen molar-refractivity contribution in [3.63, 3.8) is 0 Å². The van der Waals surface area contributed by atoms with Crippen molar-refractivity contribution in [2.24, 2.45) is 5.41 Å². The van der Waals surface area contributed by atoms with E-state index in [1.807, 2.05) is 25.7 Å². The van der Waals surface area contributed by atoms with Crippen LogP contribution in [0.2, 0.25) is 0 Å². The fourth-order valence-corrected chi connectivity index (χ4v) is 3.22. The van der Waals surface area contributed by atoms with E-state index < -0.39 is 0 Å². The maximum absolute atomic E-state index is 12.2. The van der Waals surface area contributed by atoms with Crippen LogP contribution in [0.25, 0.3) is 0 Å². The van der Waals surface area contributed by atoms with E-state index in [-0.39, 0.29) is 17.2 Å². The molecule has 0 fully saturated rings. The van der Waals surface area contributed by atoms with Crippen LogP contribution in [0.1, 0.15) is 44.1 Å². The average Bonchev–Trinajstić information content (AvgIpc) is 2.89. The molecule has 21 heavy (non-hydrogen) atoms. The van der Waals surface area contributed by atoms with Gasteiger partial charge >= 0.3 is 0 Å². The van der Waals surface area contributed by atoms with E-state index in [1.165, 1.54) is 10.4 Å². The van der Waals surface area contributed by atoms with E-state index in [2.05, 4.69) is 16.8 Å². The van der Waals surface area contributed by atoms with Crippen LogP contribution in [-0.2, 0) is 22.6 Å². The molecule has 0 spiro atoms. The Morgan fingerprint density at radius 1 is 1.38 bits per heavy atom. The molecule has 4 nitrogen and oxygen atoms in total. The number of nitrogens with zero attached hydrogens (tertiary/aromatic N) is 1. The maximum Gasteiger partial charge on any atom is 0.225 e. The van der Waals surface area contributed by atoms with Crippen molar-refractivity contribution >= 4 is 23.2 Å². The standard InChI is InChI=1S/C16H24N2O2S/c1-16(2,3)15(20)17-8-4-5-14(19)18-9-6-13-12(11-18)7-10-21-13/h7,10H,4-6,8-9,11H2,1-3H3,(H,17,20). The van der Waals surface area contributed by atoms with Gasteiger partial charge in [-0.3, -0.25) is 9.59 Å². The number of fused-ring (bicyclic) bond motifs is 1. The summed E-state index contributed by atoms with van der Waals surface area (Å²) in [4.78, 5) is 27.2. The van der Waals surface area contributed by atoms with Crippen LogP contribution < -0.4 is 5.32 Å². The molecule has 116 valence electrons. The first-order valence-corrected chi connectivity index (χ1v) is 8.37. The van der Waals surface area contributed by atoms with Crippen molar-refractivity contribution in [2.45, 2.75) is 46.6 Å². The van der Waals surface area contributed by atoms with Crippen molar-refractivity contribution in [3.8, 4) is 0 Å². The van der Waals surface area contributed by atoms with Gasteiger partial charge in [0.05, 0.1) is 0 Å². The molecular formula is C16H24N2O2S. The predicted molar refractivity (Wildman–Crippen MR) is 85.1 cm³/mol. The highest BCUT2D eigenvalue weighted by Gasteiger charge is 2.22. The minimum Gasteiger partial charge on any atom is -0.356 e. The number of rotatable bonds is 4. The molecule has 0 atom stereocenters. The van der Waals surface area contributed by atoms with E-state index in [0.717, 1.165) is 19.5 Å².